The summed E-state index contributed by atoms with van der Waals surface area (Å²) < 4.78 is 0. The van der Waals surface area contributed by atoms with Crippen molar-refractivity contribution in [1.29, 1.82) is 0 Å². The minimum Gasteiger partial charge on any atom is -0.378 e. The molecule has 0 aliphatic heterocycles. The second-order valence-corrected chi connectivity index (χ2v) is 6.38. The molecule has 3 N–H and O–H groups in total. The van der Waals surface area contributed by atoms with Crippen LogP contribution in [0.1, 0.15) is 32.3 Å². The zero-order chi connectivity index (χ0) is 16.0. The summed E-state index contributed by atoms with van der Waals surface area (Å²) in [7, 11) is 4.01. The van der Waals surface area contributed by atoms with E-state index in [2.05, 4.69) is 25.2 Å². The molecule has 4 nitrogen and oxygen atoms in total. The molecule has 1 unspecified atom stereocenters. The summed E-state index contributed by atoms with van der Waals surface area (Å²) in [5.41, 5.74) is 8.84. The lowest BCUT2D eigenvalue weighted by Crippen LogP contribution is -2.23. The summed E-state index contributed by atoms with van der Waals surface area (Å²) >= 11 is 0. The van der Waals surface area contributed by atoms with Gasteiger partial charge < -0.3 is 16.0 Å². The lowest BCUT2D eigenvalue weighted by molar-refractivity contribution is -0.117. The first-order chi connectivity index (χ1) is 9.83. The molecule has 0 aromatic heterocycles. The van der Waals surface area contributed by atoms with Gasteiger partial charge in [0.05, 0.1) is 0 Å². The van der Waals surface area contributed by atoms with Crippen molar-refractivity contribution in [2.45, 2.75) is 33.6 Å². The lowest BCUT2D eigenvalue weighted by atomic mass is 9.94. The van der Waals surface area contributed by atoms with Crippen LogP contribution in [-0.4, -0.2) is 26.5 Å². The fourth-order valence-corrected chi connectivity index (χ4v) is 2.46. The van der Waals surface area contributed by atoms with E-state index >= 15 is 0 Å². The topological polar surface area (TPSA) is 58.4 Å². The van der Waals surface area contributed by atoms with Crippen molar-refractivity contribution in [1.82, 2.24) is 0 Å². The fourth-order valence-electron chi connectivity index (χ4n) is 2.46. The van der Waals surface area contributed by atoms with Gasteiger partial charge in [-0.3, -0.25) is 4.79 Å². The van der Waals surface area contributed by atoms with Gasteiger partial charge in [-0.05, 0) is 55.5 Å². The van der Waals surface area contributed by atoms with E-state index in [4.69, 9.17) is 5.73 Å². The summed E-state index contributed by atoms with van der Waals surface area (Å²) in [5.74, 6) is 0.866. The summed E-state index contributed by atoms with van der Waals surface area (Å²) in [6.45, 7) is 6.89. The molecular weight excluding hydrogens is 262 g/mol. The Labute approximate surface area is 128 Å². The molecule has 1 aromatic rings. The zero-order valence-electron chi connectivity index (χ0n) is 13.9. The highest BCUT2D eigenvalue weighted by molar-refractivity contribution is 5.91. The Morgan fingerprint density at radius 2 is 2.00 bits per heavy atom. The van der Waals surface area contributed by atoms with Gasteiger partial charge in [-0.25, -0.2) is 0 Å². The molecule has 4 heteroatoms. The largest absolute Gasteiger partial charge is 0.378 e. The molecule has 1 aromatic carbocycles. The third-order valence-corrected chi connectivity index (χ3v) is 3.61. The molecule has 1 amide bonds. The van der Waals surface area contributed by atoms with E-state index in [0.717, 1.165) is 23.4 Å². The van der Waals surface area contributed by atoms with Gasteiger partial charge in [-0.15, -0.1) is 0 Å². The smallest absolute Gasteiger partial charge is 0.224 e. The zero-order valence-corrected chi connectivity index (χ0v) is 13.9. The third-order valence-electron chi connectivity index (χ3n) is 3.61. The minimum absolute atomic E-state index is 0.0480. The van der Waals surface area contributed by atoms with Crippen LogP contribution in [0.15, 0.2) is 18.2 Å². The Balaban J connectivity index is 2.66. The first kappa shape index (κ1) is 17.5. The Morgan fingerprint density at radius 3 is 2.48 bits per heavy atom. The molecule has 21 heavy (non-hydrogen) atoms. The predicted octanol–water partition coefficient (Wildman–Crippen LogP) is 3.01. The molecule has 0 spiro atoms. The Kier molecular flexibility index (Phi) is 6.69. The van der Waals surface area contributed by atoms with E-state index in [1.165, 1.54) is 0 Å². The molecule has 0 heterocycles. The van der Waals surface area contributed by atoms with E-state index in [1.54, 1.807) is 0 Å². The molecule has 0 aliphatic carbocycles. The molecule has 0 aliphatic rings. The Bertz CT molecular complexity index is 469. The van der Waals surface area contributed by atoms with Crippen LogP contribution in [0.3, 0.4) is 0 Å². The minimum atomic E-state index is 0.0480. The summed E-state index contributed by atoms with van der Waals surface area (Å²) in [6, 6.07) is 6.05. The molecule has 1 atom stereocenters. The first-order valence-corrected chi connectivity index (χ1v) is 7.61. The molecule has 0 bridgehead atoms. The van der Waals surface area contributed by atoms with E-state index in [0.29, 0.717) is 18.9 Å². The standard InChI is InChI=1S/C17H29N3O/c1-12(2)8-14(11-18)10-17(21)19-16-7-6-15(20(4)5)9-13(16)3/h6-7,9,12,14H,8,10-11,18H2,1-5H3,(H,19,21). The van der Waals surface area contributed by atoms with Gasteiger partial charge in [-0.2, -0.15) is 0 Å². The molecule has 0 radical (unpaired) electrons. The van der Waals surface area contributed by atoms with Gasteiger partial charge in [0, 0.05) is 31.9 Å². The summed E-state index contributed by atoms with van der Waals surface area (Å²) in [6.07, 6.45) is 1.48. The number of anilines is 2. The number of hydrogen-bond donors (Lipinski definition) is 2. The molecule has 1 rings (SSSR count). The quantitative estimate of drug-likeness (QED) is 0.812. The van der Waals surface area contributed by atoms with Crippen LogP contribution < -0.4 is 16.0 Å². The maximum atomic E-state index is 12.2. The maximum absolute atomic E-state index is 12.2. The van der Waals surface area contributed by atoms with Crippen molar-refractivity contribution >= 4 is 17.3 Å². The summed E-state index contributed by atoms with van der Waals surface area (Å²) in [4.78, 5) is 14.2. The average Bonchev–Trinajstić information content (AvgIpc) is 2.39. The van der Waals surface area contributed by atoms with Crippen molar-refractivity contribution in [2.24, 2.45) is 17.6 Å². The lowest BCUT2D eigenvalue weighted by Gasteiger charge is -2.18. The van der Waals surface area contributed by atoms with Crippen molar-refractivity contribution in [2.75, 3.05) is 30.9 Å². The van der Waals surface area contributed by atoms with Crippen LogP contribution in [0.25, 0.3) is 0 Å². The number of benzene rings is 1. The molecular formula is C17H29N3O. The van der Waals surface area contributed by atoms with E-state index < -0.39 is 0 Å². The first-order valence-electron chi connectivity index (χ1n) is 7.61. The second kappa shape index (κ2) is 8.03. The number of amides is 1. The monoisotopic (exact) mass is 291 g/mol. The van der Waals surface area contributed by atoms with Crippen LogP contribution in [0, 0.1) is 18.8 Å². The fraction of sp³-hybridized carbons (Fsp3) is 0.588. The second-order valence-electron chi connectivity index (χ2n) is 6.38. The van der Waals surface area contributed by atoms with Crippen LogP contribution in [0.5, 0.6) is 0 Å². The van der Waals surface area contributed by atoms with Gasteiger partial charge in [0.15, 0.2) is 0 Å². The van der Waals surface area contributed by atoms with Gasteiger partial charge in [0.25, 0.3) is 0 Å². The average molecular weight is 291 g/mol. The highest BCUT2D eigenvalue weighted by Crippen LogP contribution is 2.22. The van der Waals surface area contributed by atoms with Crippen molar-refractivity contribution in [3.63, 3.8) is 0 Å². The van der Waals surface area contributed by atoms with Gasteiger partial charge in [0.1, 0.15) is 0 Å². The molecule has 0 fully saturated rings. The van der Waals surface area contributed by atoms with Gasteiger partial charge in [0.2, 0.25) is 5.91 Å². The van der Waals surface area contributed by atoms with E-state index in [1.807, 2.05) is 38.1 Å². The molecule has 0 saturated carbocycles. The number of hydrogen-bond acceptors (Lipinski definition) is 3. The van der Waals surface area contributed by atoms with Crippen molar-refractivity contribution < 1.29 is 4.79 Å². The summed E-state index contributed by atoms with van der Waals surface area (Å²) in [5, 5.41) is 3.00. The van der Waals surface area contributed by atoms with E-state index in [-0.39, 0.29) is 11.8 Å². The van der Waals surface area contributed by atoms with E-state index in [9.17, 15) is 4.79 Å². The number of carbonyl (C=O) groups is 1. The number of nitrogens with two attached hydrogens (primary N) is 1. The Hall–Kier alpha value is -1.55. The SMILES string of the molecule is Cc1cc(N(C)C)ccc1NC(=O)CC(CN)CC(C)C. The highest BCUT2D eigenvalue weighted by Gasteiger charge is 2.15. The van der Waals surface area contributed by atoms with Crippen molar-refractivity contribution in [3.8, 4) is 0 Å². The van der Waals surface area contributed by atoms with Gasteiger partial charge >= 0.3 is 0 Å². The van der Waals surface area contributed by atoms with Crippen molar-refractivity contribution in [3.05, 3.63) is 23.8 Å². The number of aryl methyl sites for hydroxylation is 1. The molecule has 0 saturated heterocycles. The Morgan fingerprint density at radius 1 is 1.33 bits per heavy atom. The number of carbonyl (C=O) groups excluding carboxylic acids is 1. The van der Waals surface area contributed by atoms with Gasteiger partial charge in [-0.1, -0.05) is 13.8 Å². The predicted molar refractivity (Wildman–Crippen MR) is 90.8 cm³/mol. The van der Waals surface area contributed by atoms with Crippen LogP contribution >= 0.6 is 0 Å². The number of nitrogens with zero attached hydrogens (tertiary/aromatic N) is 1. The van der Waals surface area contributed by atoms with Crippen LogP contribution in [0.4, 0.5) is 11.4 Å². The third kappa shape index (κ3) is 5.76. The maximum Gasteiger partial charge on any atom is 0.224 e. The normalized spacial score (nSPS) is 12.3. The number of rotatable bonds is 7. The number of nitrogens with one attached hydrogen (secondary N) is 1. The molecule has 118 valence electrons. The van der Waals surface area contributed by atoms with Crippen LogP contribution in [0.2, 0.25) is 0 Å². The van der Waals surface area contributed by atoms with Crippen LogP contribution in [-0.2, 0) is 4.79 Å². The highest BCUT2D eigenvalue weighted by atomic mass is 16.1.